The Morgan fingerprint density at radius 1 is 1.31 bits per heavy atom. The van der Waals surface area contributed by atoms with Crippen molar-refractivity contribution in [2.24, 2.45) is 4.40 Å². The first-order valence-electron chi connectivity index (χ1n) is 7.83. The average molecular weight is 378 g/mol. The van der Waals surface area contributed by atoms with Gasteiger partial charge in [0.25, 0.3) is 10.0 Å². The number of hydrogen-bond donors (Lipinski definition) is 1. The van der Waals surface area contributed by atoms with Crippen molar-refractivity contribution >= 4 is 38.9 Å². The van der Waals surface area contributed by atoms with Gasteiger partial charge in [-0.3, -0.25) is 10.3 Å². The molecule has 9 heteroatoms. The van der Waals surface area contributed by atoms with E-state index in [1.54, 1.807) is 47.0 Å². The van der Waals surface area contributed by atoms with Crippen LogP contribution < -0.4 is 5.32 Å². The molecule has 0 aliphatic rings. The highest BCUT2D eigenvalue weighted by molar-refractivity contribution is 7.90. The van der Waals surface area contributed by atoms with Gasteiger partial charge < -0.3 is 9.64 Å². The van der Waals surface area contributed by atoms with E-state index >= 15 is 0 Å². The fraction of sp³-hybridized carbons (Fsp3) is 0.353. The summed E-state index contributed by atoms with van der Waals surface area (Å²) in [6.07, 6.45) is 3.54. The summed E-state index contributed by atoms with van der Waals surface area (Å²) in [6, 6.07) is 4.57. The fourth-order valence-electron chi connectivity index (χ4n) is 2.09. The number of aromatic nitrogens is 1. The maximum absolute atomic E-state index is 12.6. The molecule has 0 aliphatic carbocycles. The second kappa shape index (κ2) is 7.28. The molecule has 1 aromatic carbocycles. The molecule has 26 heavy (non-hydrogen) atoms. The van der Waals surface area contributed by atoms with Crippen LogP contribution in [0.3, 0.4) is 0 Å². The summed E-state index contributed by atoms with van der Waals surface area (Å²) in [5, 5.41) is 3.57. The molecule has 1 aromatic heterocycles. The summed E-state index contributed by atoms with van der Waals surface area (Å²) in [5.74, 6) is 0. The number of nitrogens with zero attached hydrogens (tertiary/aromatic N) is 3. The first-order valence-corrected chi connectivity index (χ1v) is 9.27. The van der Waals surface area contributed by atoms with Crippen molar-refractivity contribution in [1.82, 2.24) is 9.88 Å². The highest BCUT2D eigenvalue weighted by Crippen LogP contribution is 2.28. The van der Waals surface area contributed by atoms with Gasteiger partial charge in [0.1, 0.15) is 11.9 Å². The zero-order valence-corrected chi connectivity index (χ0v) is 16.2. The first-order chi connectivity index (χ1) is 12.0. The highest BCUT2D eigenvalue weighted by Gasteiger charge is 2.20. The summed E-state index contributed by atoms with van der Waals surface area (Å²) >= 11 is 0. The molecule has 0 bridgehead atoms. The molecule has 0 aliphatic heterocycles. The Morgan fingerprint density at radius 2 is 2.00 bits per heavy atom. The number of carbonyl (C=O) groups excluding carboxylic acids is 1. The molecule has 2 rings (SSSR count). The minimum Gasteiger partial charge on any atom is -0.444 e. The van der Waals surface area contributed by atoms with Crippen molar-refractivity contribution in [3.63, 3.8) is 0 Å². The number of anilines is 1. The molecule has 0 radical (unpaired) electrons. The Balaban J connectivity index is 2.51. The molecular weight excluding hydrogens is 356 g/mol. The number of rotatable bonds is 4. The van der Waals surface area contributed by atoms with E-state index in [4.69, 9.17) is 4.74 Å². The van der Waals surface area contributed by atoms with E-state index in [1.165, 1.54) is 29.7 Å². The standard InChI is InChI=1S/C17H22N4O4S/c1-17(2,3)25-16(22)20-13-8-12-10-18-7-6-14(12)15(9-13)26(23,24)19-11-21(4)5/h6-11H,1-5H3,(H,20,22)/b19-11+. The lowest BCUT2D eigenvalue weighted by molar-refractivity contribution is 0.0636. The minimum absolute atomic E-state index is 0.0263. The lowest BCUT2D eigenvalue weighted by Crippen LogP contribution is -2.27. The number of nitrogens with one attached hydrogen (secondary N) is 1. The molecule has 0 fully saturated rings. The molecule has 1 heterocycles. The van der Waals surface area contributed by atoms with Gasteiger partial charge in [-0.1, -0.05) is 0 Å². The Labute approximate surface area is 152 Å². The lowest BCUT2D eigenvalue weighted by Gasteiger charge is -2.20. The van der Waals surface area contributed by atoms with Crippen LogP contribution in [0.2, 0.25) is 0 Å². The Hall–Kier alpha value is -2.68. The molecule has 0 spiro atoms. The minimum atomic E-state index is -3.97. The van der Waals surface area contributed by atoms with Gasteiger partial charge in [0.2, 0.25) is 0 Å². The predicted octanol–water partition coefficient (Wildman–Crippen LogP) is 2.86. The van der Waals surface area contributed by atoms with Gasteiger partial charge in [0, 0.05) is 42.9 Å². The van der Waals surface area contributed by atoms with E-state index < -0.39 is 21.7 Å². The van der Waals surface area contributed by atoms with E-state index in [1.807, 2.05) is 0 Å². The third-order valence-electron chi connectivity index (χ3n) is 3.05. The van der Waals surface area contributed by atoms with Crippen molar-refractivity contribution in [3.8, 4) is 0 Å². The third-order valence-corrected chi connectivity index (χ3v) is 4.32. The van der Waals surface area contributed by atoms with Crippen molar-refractivity contribution in [2.75, 3.05) is 19.4 Å². The Bertz CT molecular complexity index is 947. The molecular formula is C17H22N4O4S. The zero-order valence-electron chi connectivity index (χ0n) is 15.3. The quantitative estimate of drug-likeness (QED) is 0.648. The molecule has 0 saturated heterocycles. The zero-order chi connectivity index (χ0) is 19.5. The van der Waals surface area contributed by atoms with Gasteiger partial charge in [-0.2, -0.15) is 8.42 Å². The lowest BCUT2D eigenvalue weighted by atomic mass is 10.1. The number of fused-ring (bicyclic) bond motifs is 1. The monoisotopic (exact) mass is 378 g/mol. The predicted molar refractivity (Wildman–Crippen MR) is 101 cm³/mol. The number of hydrogen-bond acceptors (Lipinski definition) is 5. The normalized spacial score (nSPS) is 12.3. The molecule has 2 aromatic rings. The van der Waals surface area contributed by atoms with Crippen molar-refractivity contribution < 1.29 is 17.9 Å². The summed E-state index contributed by atoms with van der Waals surface area (Å²) in [6.45, 7) is 5.22. The second-order valence-electron chi connectivity index (χ2n) is 6.86. The number of pyridine rings is 1. The molecule has 8 nitrogen and oxygen atoms in total. The molecule has 0 atom stereocenters. The third kappa shape index (κ3) is 5.16. The maximum atomic E-state index is 12.6. The summed E-state index contributed by atoms with van der Waals surface area (Å²) in [4.78, 5) is 17.5. The van der Waals surface area contributed by atoms with Crippen LogP contribution in [0.5, 0.6) is 0 Å². The van der Waals surface area contributed by atoms with Crippen LogP contribution in [-0.2, 0) is 14.8 Å². The molecule has 1 N–H and O–H groups in total. The van der Waals surface area contributed by atoms with Crippen LogP contribution in [-0.4, -0.2) is 50.4 Å². The van der Waals surface area contributed by atoms with Crippen LogP contribution in [0.25, 0.3) is 10.8 Å². The number of sulfonamides is 1. The van der Waals surface area contributed by atoms with Crippen molar-refractivity contribution in [1.29, 1.82) is 0 Å². The number of amides is 1. The maximum Gasteiger partial charge on any atom is 0.412 e. The SMILES string of the molecule is CN(C)/C=N/S(=O)(=O)c1cc(NC(=O)OC(C)(C)C)cc2cnccc12. The molecule has 140 valence electrons. The number of benzene rings is 1. The van der Waals surface area contributed by atoms with Crippen LogP contribution in [0.1, 0.15) is 20.8 Å². The molecule has 1 amide bonds. The van der Waals surface area contributed by atoms with Gasteiger partial charge in [-0.25, -0.2) is 4.79 Å². The van der Waals surface area contributed by atoms with E-state index in [2.05, 4.69) is 14.7 Å². The van der Waals surface area contributed by atoms with Gasteiger partial charge >= 0.3 is 6.09 Å². The number of ether oxygens (including phenoxy) is 1. The number of carbonyl (C=O) groups is 1. The molecule has 0 saturated carbocycles. The van der Waals surface area contributed by atoms with Gasteiger partial charge in [-0.05, 0) is 39.0 Å². The van der Waals surface area contributed by atoms with E-state index in [0.29, 0.717) is 10.8 Å². The molecule has 0 unspecified atom stereocenters. The second-order valence-corrected chi connectivity index (χ2v) is 8.46. The fourth-order valence-corrected chi connectivity index (χ4v) is 3.26. The van der Waals surface area contributed by atoms with Crippen molar-refractivity contribution in [2.45, 2.75) is 31.3 Å². The van der Waals surface area contributed by atoms with Crippen molar-refractivity contribution in [3.05, 3.63) is 30.6 Å². The van der Waals surface area contributed by atoms with Crippen LogP contribution in [0.4, 0.5) is 10.5 Å². The van der Waals surface area contributed by atoms with Crippen LogP contribution in [0.15, 0.2) is 39.9 Å². The Morgan fingerprint density at radius 3 is 2.62 bits per heavy atom. The first kappa shape index (κ1) is 19.6. The van der Waals surface area contributed by atoms with E-state index in [0.717, 1.165) is 0 Å². The smallest absolute Gasteiger partial charge is 0.412 e. The summed E-state index contributed by atoms with van der Waals surface area (Å²) < 4.78 is 34.1. The van der Waals surface area contributed by atoms with Gasteiger partial charge in [0.05, 0.1) is 4.90 Å². The van der Waals surface area contributed by atoms with E-state index in [-0.39, 0.29) is 10.6 Å². The van der Waals surface area contributed by atoms with Crippen LogP contribution in [0, 0.1) is 0 Å². The van der Waals surface area contributed by atoms with Gasteiger partial charge in [0.15, 0.2) is 0 Å². The summed E-state index contributed by atoms with van der Waals surface area (Å²) in [7, 11) is -0.631. The largest absolute Gasteiger partial charge is 0.444 e. The summed E-state index contributed by atoms with van der Waals surface area (Å²) in [5.41, 5.74) is -0.397. The Kier molecular flexibility index (Phi) is 5.50. The van der Waals surface area contributed by atoms with Gasteiger partial charge in [-0.15, -0.1) is 4.40 Å². The van der Waals surface area contributed by atoms with Crippen LogP contribution >= 0.6 is 0 Å². The average Bonchev–Trinajstić information content (AvgIpc) is 2.50. The highest BCUT2D eigenvalue weighted by atomic mass is 32.2. The van der Waals surface area contributed by atoms with E-state index in [9.17, 15) is 13.2 Å². The topological polar surface area (TPSA) is 101 Å².